The largest absolute Gasteiger partial charge is 0.309 e. The maximum Gasteiger partial charge on any atom is 0.0541 e. The van der Waals surface area contributed by atoms with E-state index in [1.807, 2.05) is 0 Å². The van der Waals surface area contributed by atoms with Crippen molar-refractivity contribution in [3.8, 4) is 50.2 Å². The molecular weight excluding hydrogens is 651 g/mol. The van der Waals surface area contributed by atoms with Crippen molar-refractivity contribution in [3.63, 3.8) is 0 Å². The summed E-state index contributed by atoms with van der Waals surface area (Å²) in [4.78, 5) is 0. The Labute approximate surface area is 314 Å². The second kappa shape index (κ2) is 12.0. The van der Waals surface area contributed by atoms with Gasteiger partial charge in [0.15, 0.2) is 0 Å². The van der Waals surface area contributed by atoms with Gasteiger partial charge < -0.3 is 4.57 Å². The predicted octanol–water partition coefficient (Wildman–Crippen LogP) is 14.7. The zero-order chi connectivity index (χ0) is 35.8. The average molecular weight is 686 g/mol. The zero-order valence-electron chi connectivity index (χ0n) is 29.9. The molecule has 0 spiro atoms. The fourth-order valence-electron chi connectivity index (χ4n) is 8.85. The lowest BCUT2D eigenvalue weighted by Crippen LogP contribution is -1.94. The molecule has 10 aromatic carbocycles. The Morgan fingerprint density at radius 3 is 1.48 bits per heavy atom. The highest BCUT2D eigenvalue weighted by Crippen LogP contribution is 2.43. The van der Waals surface area contributed by atoms with Gasteiger partial charge in [-0.1, -0.05) is 169 Å². The quantitative estimate of drug-likeness (QED) is 0.159. The second-order valence-electron chi connectivity index (χ2n) is 14.6. The van der Waals surface area contributed by atoms with Crippen LogP contribution >= 0.6 is 0 Å². The molecule has 54 heavy (non-hydrogen) atoms. The molecule has 1 heteroatoms. The lowest BCUT2D eigenvalue weighted by molar-refractivity contribution is 1.18. The minimum absolute atomic E-state index is 1.16. The van der Waals surface area contributed by atoms with Gasteiger partial charge in [0.2, 0.25) is 0 Å². The van der Waals surface area contributed by atoms with Crippen molar-refractivity contribution < 1.29 is 0 Å². The first-order valence-electron chi connectivity index (χ1n) is 18.8. The summed E-state index contributed by atoms with van der Waals surface area (Å²) in [6, 6.07) is 71.6. The third kappa shape index (κ3) is 4.72. The average Bonchev–Trinajstić information content (AvgIpc) is 3.57. The summed E-state index contributed by atoms with van der Waals surface area (Å²) < 4.78 is 2.41. The molecule has 0 aliphatic carbocycles. The van der Waals surface area contributed by atoms with Crippen LogP contribution in [-0.4, -0.2) is 4.57 Å². The van der Waals surface area contributed by atoms with Gasteiger partial charge in [0.25, 0.3) is 0 Å². The van der Waals surface area contributed by atoms with Gasteiger partial charge in [-0.2, -0.15) is 0 Å². The number of aryl methyl sites for hydroxylation is 1. The fraction of sp³-hybridized carbons (Fsp3) is 0.0189. The van der Waals surface area contributed by atoms with E-state index in [4.69, 9.17) is 0 Å². The first-order valence-corrected chi connectivity index (χ1v) is 18.8. The van der Waals surface area contributed by atoms with Crippen molar-refractivity contribution in [1.29, 1.82) is 0 Å². The van der Waals surface area contributed by atoms with Crippen molar-refractivity contribution in [2.24, 2.45) is 0 Å². The second-order valence-corrected chi connectivity index (χ2v) is 14.6. The Morgan fingerprint density at radius 1 is 0.315 bits per heavy atom. The number of fused-ring (bicyclic) bond motifs is 3. The number of para-hydroxylation sites is 1. The lowest BCUT2D eigenvalue weighted by atomic mass is 9.87. The summed E-state index contributed by atoms with van der Waals surface area (Å²) in [7, 11) is 0. The van der Waals surface area contributed by atoms with E-state index in [-0.39, 0.29) is 0 Å². The van der Waals surface area contributed by atoms with Crippen LogP contribution in [0.15, 0.2) is 194 Å². The molecule has 0 saturated heterocycles. The molecule has 0 fully saturated rings. The van der Waals surface area contributed by atoms with Gasteiger partial charge in [-0.3, -0.25) is 0 Å². The number of rotatable bonds is 5. The van der Waals surface area contributed by atoms with Gasteiger partial charge in [0.05, 0.1) is 11.0 Å². The molecule has 0 saturated carbocycles. The Morgan fingerprint density at radius 2 is 0.815 bits per heavy atom. The third-order valence-electron chi connectivity index (χ3n) is 11.5. The van der Waals surface area contributed by atoms with Crippen LogP contribution in [0.2, 0.25) is 0 Å². The van der Waals surface area contributed by atoms with E-state index in [0.29, 0.717) is 0 Å². The summed E-state index contributed by atoms with van der Waals surface area (Å²) in [5.41, 5.74) is 14.8. The molecule has 0 N–H and O–H groups in total. The van der Waals surface area contributed by atoms with Crippen molar-refractivity contribution in [2.75, 3.05) is 0 Å². The van der Waals surface area contributed by atoms with Crippen LogP contribution in [0.4, 0.5) is 0 Å². The number of hydrogen-bond acceptors (Lipinski definition) is 0. The van der Waals surface area contributed by atoms with E-state index in [9.17, 15) is 0 Å². The minimum Gasteiger partial charge on any atom is -0.309 e. The first kappa shape index (κ1) is 30.6. The van der Waals surface area contributed by atoms with Crippen molar-refractivity contribution in [2.45, 2.75) is 6.92 Å². The maximum absolute atomic E-state index is 2.41. The summed E-state index contributed by atoms with van der Waals surface area (Å²) in [6.45, 7) is 2.15. The molecule has 252 valence electrons. The minimum atomic E-state index is 1.16. The summed E-state index contributed by atoms with van der Waals surface area (Å²) in [5, 5.41) is 10.4. The third-order valence-corrected chi connectivity index (χ3v) is 11.5. The molecule has 1 heterocycles. The van der Waals surface area contributed by atoms with Crippen LogP contribution in [0, 0.1) is 6.92 Å². The molecule has 0 bridgehead atoms. The number of nitrogens with zero attached hydrogens (tertiary/aromatic N) is 1. The summed E-state index contributed by atoms with van der Waals surface area (Å²) >= 11 is 0. The Bertz CT molecular complexity index is 3180. The first-order chi connectivity index (χ1) is 26.7. The number of hydrogen-bond donors (Lipinski definition) is 0. The van der Waals surface area contributed by atoms with Crippen molar-refractivity contribution >= 4 is 54.1 Å². The molecule has 0 aliphatic rings. The van der Waals surface area contributed by atoms with Crippen LogP contribution in [0.3, 0.4) is 0 Å². The molecule has 0 radical (unpaired) electrons. The van der Waals surface area contributed by atoms with Crippen LogP contribution < -0.4 is 0 Å². The Balaban J connectivity index is 1.03. The summed E-state index contributed by atoms with van der Waals surface area (Å²) in [6.07, 6.45) is 0. The predicted molar refractivity (Wildman–Crippen MR) is 231 cm³/mol. The highest BCUT2D eigenvalue weighted by atomic mass is 15.0. The Kier molecular flexibility index (Phi) is 6.84. The highest BCUT2D eigenvalue weighted by molar-refractivity contribution is 6.27. The van der Waals surface area contributed by atoms with E-state index in [1.54, 1.807) is 0 Å². The normalized spacial score (nSPS) is 11.8. The zero-order valence-corrected chi connectivity index (χ0v) is 29.9. The standard InChI is InChI=1S/C53H35N/c1-34-15-17-36(18-16-34)44-28-21-38-24-31-48-45(29-22-39-23-30-47(44)52(38)53(39)48)37-19-26-41(27-20-37)54-50-14-8-7-13-46(50)49-33-40(25-32-51(49)54)43-12-6-5-11-42(43)35-9-3-2-4-10-35/h2-33H,1H3. The molecular formula is C53H35N. The molecule has 1 aromatic heterocycles. The van der Waals surface area contributed by atoms with E-state index >= 15 is 0 Å². The maximum atomic E-state index is 2.41. The van der Waals surface area contributed by atoms with Gasteiger partial charge in [-0.25, -0.2) is 0 Å². The number of benzene rings is 10. The van der Waals surface area contributed by atoms with E-state index < -0.39 is 0 Å². The van der Waals surface area contributed by atoms with E-state index in [2.05, 4.69) is 206 Å². The topological polar surface area (TPSA) is 4.93 Å². The van der Waals surface area contributed by atoms with Crippen molar-refractivity contribution in [1.82, 2.24) is 4.57 Å². The highest BCUT2D eigenvalue weighted by Gasteiger charge is 2.17. The monoisotopic (exact) mass is 685 g/mol. The molecule has 11 aromatic rings. The van der Waals surface area contributed by atoms with Gasteiger partial charge in [0, 0.05) is 16.5 Å². The lowest BCUT2D eigenvalue weighted by Gasteiger charge is -2.17. The van der Waals surface area contributed by atoms with Crippen LogP contribution in [-0.2, 0) is 0 Å². The van der Waals surface area contributed by atoms with E-state index in [1.165, 1.54) is 104 Å². The van der Waals surface area contributed by atoms with Gasteiger partial charge in [-0.15, -0.1) is 0 Å². The van der Waals surface area contributed by atoms with Crippen LogP contribution in [0.25, 0.3) is 104 Å². The van der Waals surface area contributed by atoms with Gasteiger partial charge in [0.1, 0.15) is 0 Å². The fourth-order valence-corrected chi connectivity index (χ4v) is 8.85. The molecule has 0 unspecified atom stereocenters. The smallest absolute Gasteiger partial charge is 0.0541 e. The van der Waals surface area contributed by atoms with Gasteiger partial charge in [-0.05, 0) is 114 Å². The van der Waals surface area contributed by atoms with Gasteiger partial charge >= 0.3 is 0 Å². The molecule has 11 rings (SSSR count). The molecule has 0 amide bonds. The SMILES string of the molecule is Cc1ccc(-c2ccc3ccc4c(-c5ccc(-n6c7ccccc7c7cc(-c8ccccc8-c8ccccc8)ccc76)cc5)ccc5ccc2c3c54)cc1. The summed E-state index contributed by atoms with van der Waals surface area (Å²) in [5.74, 6) is 0. The number of aromatic nitrogens is 1. The van der Waals surface area contributed by atoms with Crippen molar-refractivity contribution in [3.05, 3.63) is 200 Å². The Hall–Kier alpha value is -6.96. The van der Waals surface area contributed by atoms with E-state index in [0.717, 1.165) is 5.69 Å². The van der Waals surface area contributed by atoms with Crippen LogP contribution in [0.5, 0.6) is 0 Å². The molecule has 1 nitrogen and oxygen atoms in total. The molecule has 0 atom stereocenters. The van der Waals surface area contributed by atoms with Crippen LogP contribution in [0.1, 0.15) is 5.56 Å². The molecule has 0 aliphatic heterocycles.